The predicted octanol–water partition coefficient (Wildman–Crippen LogP) is 4.65. The number of hydrogen-bond acceptors (Lipinski definition) is 6. The molecule has 0 heterocycles. The quantitative estimate of drug-likeness (QED) is 0.265. The Bertz CT molecular complexity index is 954. The van der Waals surface area contributed by atoms with Crippen LogP contribution in [0.25, 0.3) is 0 Å². The minimum absolute atomic E-state index is 0.00330. The molecule has 39 heavy (non-hydrogen) atoms. The Balaban J connectivity index is 0.000000956. The number of guanidine groups is 1. The number of alkyl halides is 3. The molecular formula is C27H40F3N3O6. The Morgan fingerprint density at radius 3 is 2.08 bits per heavy atom. The summed E-state index contributed by atoms with van der Waals surface area (Å²) in [6, 6.07) is 4.80. The van der Waals surface area contributed by atoms with Crippen LogP contribution < -0.4 is 20.5 Å². The van der Waals surface area contributed by atoms with Gasteiger partial charge in [-0.2, -0.15) is 13.2 Å². The summed E-state index contributed by atoms with van der Waals surface area (Å²) in [5.41, 5.74) is 6.79. The smallest absolute Gasteiger partial charge is 0.490 e. The van der Waals surface area contributed by atoms with Gasteiger partial charge in [0.25, 0.3) is 0 Å². The van der Waals surface area contributed by atoms with Gasteiger partial charge in [0.1, 0.15) is 17.5 Å². The van der Waals surface area contributed by atoms with Gasteiger partial charge in [0.05, 0.1) is 20.6 Å². The lowest BCUT2D eigenvalue weighted by Crippen LogP contribution is -2.40. The second-order valence-electron chi connectivity index (χ2n) is 9.92. The average Bonchev–Trinajstić information content (AvgIpc) is 2.86. The number of benzene rings is 1. The van der Waals surface area contributed by atoms with Crippen LogP contribution in [0.2, 0.25) is 0 Å². The van der Waals surface area contributed by atoms with Gasteiger partial charge in [0.15, 0.2) is 11.7 Å². The molecule has 1 atom stereocenters. The monoisotopic (exact) mass is 559 g/mol. The van der Waals surface area contributed by atoms with Crippen LogP contribution in [0.3, 0.4) is 0 Å². The fraction of sp³-hybridized carbons (Fsp3) is 0.630. The van der Waals surface area contributed by atoms with Crippen LogP contribution in [0, 0.1) is 11.8 Å². The third kappa shape index (κ3) is 13.9. The van der Waals surface area contributed by atoms with E-state index in [1.165, 1.54) is 19.3 Å². The number of carbonyl (C=O) groups is 3. The maximum Gasteiger partial charge on any atom is 0.490 e. The summed E-state index contributed by atoms with van der Waals surface area (Å²) in [7, 11) is 3.12. The van der Waals surface area contributed by atoms with Gasteiger partial charge in [-0.15, -0.1) is 0 Å². The van der Waals surface area contributed by atoms with Crippen molar-refractivity contribution in [1.82, 2.24) is 5.32 Å². The first-order chi connectivity index (χ1) is 18.2. The summed E-state index contributed by atoms with van der Waals surface area (Å²) in [6.45, 7) is 4.21. The predicted molar refractivity (Wildman–Crippen MR) is 141 cm³/mol. The molecule has 0 aliphatic heterocycles. The van der Waals surface area contributed by atoms with Crippen LogP contribution in [-0.4, -0.2) is 55.2 Å². The van der Waals surface area contributed by atoms with Crippen LogP contribution in [-0.2, 0) is 20.8 Å². The molecule has 220 valence electrons. The van der Waals surface area contributed by atoms with Crippen LogP contribution in [0.5, 0.6) is 11.5 Å². The molecular weight excluding hydrogens is 519 g/mol. The van der Waals surface area contributed by atoms with E-state index in [-0.39, 0.29) is 24.1 Å². The number of hydrogen-bond donors (Lipinski definition) is 3. The number of carbonyl (C=O) groups excluding carboxylic acids is 2. The number of halogens is 3. The molecule has 0 spiro atoms. The summed E-state index contributed by atoms with van der Waals surface area (Å²) in [5.74, 6) is -0.778. The number of methoxy groups -OCH3 is 2. The first-order valence-electron chi connectivity index (χ1n) is 12.9. The van der Waals surface area contributed by atoms with Gasteiger partial charge < -0.3 is 20.3 Å². The fourth-order valence-electron chi connectivity index (χ4n) is 4.13. The number of aliphatic imine (C=N–C) groups is 1. The summed E-state index contributed by atoms with van der Waals surface area (Å²) in [5, 5.41) is 9.77. The Hall–Kier alpha value is -3.31. The summed E-state index contributed by atoms with van der Waals surface area (Å²) in [4.78, 5) is 38.8. The highest BCUT2D eigenvalue weighted by Gasteiger charge is 2.38. The Morgan fingerprint density at radius 2 is 1.62 bits per heavy atom. The highest BCUT2D eigenvalue weighted by atomic mass is 19.4. The number of nitrogens with zero attached hydrogens (tertiary/aromatic N) is 1. The van der Waals surface area contributed by atoms with Gasteiger partial charge in [-0.1, -0.05) is 46.0 Å². The molecule has 1 amide bonds. The van der Waals surface area contributed by atoms with Crippen LogP contribution in [0.15, 0.2) is 23.2 Å². The summed E-state index contributed by atoms with van der Waals surface area (Å²) in [6.07, 6.45) is 2.98. The number of ketones is 1. The van der Waals surface area contributed by atoms with E-state index < -0.39 is 18.2 Å². The second-order valence-corrected chi connectivity index (χ2v) is 9.92. The van der Waals surface area contributed by atoms with E-state index in [9.17, 15) is 22.8 Å². The van der Waals surface area contributed by atoms with Gasteiger partial charge in [-0.05, 0) is 42.4 Å². The molecule has 12 heteroatoms. The normalized spacial score (nSPS) is 15.1. The van der Waals surface area contributed by atoms with Crippen molar-refractivity contribution in [2.75, 3.05) is 14.2 Å². The van der Waals surface area contributed by atoms with Gasteiger partial charge >= 0.3 is 12.1 Å². The Kier molecular flexibility index (Phi) is 14.4. The van der Waals surface area contributed by atoms with Gasteiger partial charge in [0.2, 0.25) is 5.91 Å². The number of carboxylic acids is 1. The van der Waals surface area contributed by atoms with Crippen molar-refractivity contribution in [3.05, 3.63) is 23.8 Å². The highest BCUT2D eigenvalue weighted by Crippen LogP contribution is 2.29. The molecule has 0 aromatic heterocycles. The molecule has 1 saturated carbocycles. The molecule has 1 fully saturated rings. The second kappa shape index (κ2) is 16.6. The van der Waals surface area contributed by atoms with E-state index in [0.717, 1.165) is 24.8 Å². The van der Waals surface area contributed by atoms with E-state index in [2.05, 4.69) is 24.2 Å². The maximum absolute atomic E-state index is 12.9. The average molecular weight is 560 g/mol. The minimum Gasteiger partial charge on any atom is -0.497 e. The molecule has 2 rings (SSSR count). The maximum atomic E-state index is 12.9. The summed E-state index contributed by atoms with van der Waals surface area (Å²) < 4.78 is 42.2. The third-order valence-corrected chi connectivity index (χ3v) is 6.20. The van der Waals surface area contributed by atoms with Crippen molar-refractivity contribution < 1.29 is 42.1 Å². The lowest BCUT2D eigenvalue weighted by molar-refractivity contribution is -0.192. The SMILES string of the molecule is COc1cc(CC(=O)NC(N)=N[C@H](CC2CCCCC2)C(=O)CCC(C)C)cc(OC)c1.O=C(O)C(F)(F)F. The minimum atomic E-state index is -5.08. The Morgan fingerprint density at radius 1 is 1.08 bits per heavy atom. The third-order valence-electron chi connectivity index (χ3n) is 6.20. The zero-order valence-corrected chi connectivity index (χ0v) is 23.0. The van der Waals surface area contributed by atoms with E-state index >= 15 is 0 Å². The van der Waals surface area contributed by atoms with Crippen molar-refractivity contribution in [2.24, 2.45) is 22.6 Å². The largest absolute Gasteiger partial charge is 0.497 e. The van der Waals surface area contributed by atoms with Crippen molar-refractivity contribution in [1.29, 1.82) is 0 Å². The molecule has 1 aliphatic carbocycles. The molecule has 9 nitrogen and oxygen atoms in total. The molecule has 1 aromatic rings. The van der Waals surface area contributed by atoms with Gasteiger partial charge in [0, 0.05) is 12.5 Å². The van der Waals surface area contributed by atoms with Crippen LogP contribution in [0.4, 0.5) is 13.2 Å². The summed E-state index contributed by atoms with van der Waals surface area (Å²) >= 11 is 0. The van der Waals surface area contributed by atoms with E-state index in [0.29, 0.717) is 36.2 Å². The number of nitrogens with one attached hydrogen (secondary N) is 1. The number of amides is 1. The molecule has 1 aromatic carbocycles. The molecule has 0 bridgehead atoms. The van der Waals surface area contributed by atoms with Crippen molar-refractivity contribution in [3.63, 3.8) is 0 Å². The topological polar surface area (TPSA) is 140 Å². The number of carboxylic acid groups (broad SMARTS) is 1. The van der Waals surface area contributed by atoms with E-state index in [1.807, 2.05) is 0 Å². The molecule has 1 aliphatic rings. The lowest BCUT2D eigenvalue weighted by Gasteiger charge is -2.24. The zero-order chi connectivity index (χ0) is 29.6. The lowest BCUT2D eigenvalue weighted by atomic mass is 9.83. The van der Waals surface area contributed by atoms with Crippen molar-refractivity contribution >= 4 is 23.6 Å². The molecule has 4 N–H and O–H groups in total. The van der Waals surface area contributed by atoms with Crippen LogP contribution in [0.1, 0.15) is 70.8 Å². The standard InChI is InChI=1S/C25H39N3O4.C2HF3O2/c1-17(2)10-11-23(29)22(14-18-8-6-5-7-9-18)27-25(26)28-24(30)15-19-12-20(31-3)16-21(13-19)32-4;3-2(4,5)1(6)7/h12-13,16-18,22H,5-11,14-15H2,1-4H3,(H3,26,27,28,30);(H,6,7)/t22-;/m1./s1. The van der Waals surface area contributed by atoms with Gasteiger partial charge in [-0.25, -0.2) is 9.79 Å². The van der Waals surface area contributed by atoms with E-state index in [4.69, 9.17) is 25.1 Å². The number of Topliss-reactive ketones (excluding diaryl/α,β-unsaturated/α-hetero) is 1. The number of aliphatic carboxylic acids is 1. The van der Waals surface area contributed by atoms with Crippen LogP contribution >= 0.6 is 0 Å². The molecule has 0 radical (unpaired) electrons. The molecule has 0 saturated heterocycles. The molecule has 0 unspecified atom stereocenters. The van der Waals surface area contributed by atoms with Gasteiger partial charge in [-0.3, -0.25) is 14.9 Å². The number of rotatable bonds is 11. The number of nitrogens with two attached hydrogens (primary N) is 1. The highest BCUT2D eigenvalue weighted by molar-refractivity contribution is 5.98. The number of ether oxygens (including phenoxy) is 2. The Labute approximate surface area is 227 Å². The first-order valence-corrected chi connectivity index (χ1v) is 12.9. The fourth-order valence-corrected chi connectivity index (χ4v) is 4.13. The van der Waals surface area contributed by atoms with Crippen molar-refractivity contribution in [3.8, 4) is 11.5 Å². The first kappa shape index (κ1) is 33.7. The zero-order valence-electron chi connectivity index (χ0n) is 23.0. The van der Waals surface area contributed by atoms with Crippen molar-refractivity contribution in [2.45, 2.75) is 83.9 Å². The van der Waals surface area contributed by atoms with E-state index in [1.54, 1.807) is 32.4 Å².